The Morgan fingerprint density at radius 3 is 2.76 bits per heavy atom. The lowest BCUT2D eigenvalue weighted by Gasteiger charge is -2.34. The highest BCUT2D eigenvalue weighted by molar-refractivity contribution is 8.01. The van der Waals surface area contributed by atoms with Gasteiger partial charge in [-0.25, -0.2) is 0 Å². The molecule has 2 saturated heterocycles. The first kappa shape index (κ1) is 18.6. The number of carbonyl (C=O) groups excluding carboxylic acids is 2. The second-order valence-electron chi connectivity index (χ2n) is 6.83. The van der Waals surface area contributed by atoms with E-state index in [0.29, 0.717) is 25.3 Å². The van der Waals surface area contributed by atoms with E-state index in [-0.39, 0.29) is 40.5 Å². The Balaban J connectivity index is 0.00000220. The summed E-state index contributed by atoms with van der Waals surface area (Å²) >= 11 is 1.73. The average Bonchev–Trinajstić information content (AvgIpc) is 2.86. The molecule has 0 spiro atoms. The van der Waals surface area contributed by atoms with Gasteiger partial charge in [-0.1, -0.05) is 13.8 Å². The molecule has 2 heterocycles. The molecule has 2 aliphatic rings. The van der Waals surface area contributed by atoms with Gasteiger partial charge in [0.05, 0.1) is 4.87 Å². The molecular formula is C14H26ClN3O2S. The molecule has 0 aliphatic carbocycles. The Morgan fingerprint density at radius 1 is 1.57 bits per heavy atom. The van der Waals surface area contributed by atoms with Gasteiger partial charge in [0.25, 0.3) is 0 Å². The summed E-state index contributed by atoms with van der Waals surface area (Å²) < 4.78 is 0. The highest BCUT2D eigenvalue weighted by Gasteiger charge is 2.53. The van der Waals surface area contributed by atoms with Crippen molar-refractivity contribution >= 4 is 36.0 Å². The molecule has 0 radical (unpaired) electrons. The minimum absolute atomic E-state index is 0. The smallest absolute Gasteiger partial charge is 0.246 e. The van der Waals surface area contributed by atoms with Crippen molar-refractivity contribution in [3.05, 3.63) is 0 Å². The summed E-state index contributed by atoms with van der Waals surface area (Å²) in [6.45, 7) is 7.31. The monoisotopic (exact) mass is 335 g/mol. The van der Waals surface area contributed by atoms with Gasteiger partial charge < -0.3 is 15.5 Å². The van der Waals surface area contributed by atoms with Crippen molar-refractivity contribution in [2.24, 2.45) is 11.1 Å². The number of rotatable bonds is 4. The number of nitrogens with zero attached hydrogens (tertiary/aromatic N) is 2. The van der Waals surface area contributed by atoms with Gasteiger partial charge in [0.2, 0.25) is 11.8 Å². The van der Waals surface area contributed by atoms with Gasteiger partial charge in [0, 0.05) is 25.8 Å². The average molecular weight is 336 g/mol. The molecule has 0 saturated carbocycles. The molecule has 0 aromatic rings. The maximum atomic E-state index is 12.6. The number of halogens is 1. The van der Waals surface area contributed by atoms with E-state index in [4.69, 9.17) is 5.73 Å². The summed E-state index contributed by atoms with van der Waals surface area (Å²) in [5.74, 6) is 0.856. The number of carbonyl (C=O) groups is 2. The zero-order valence-corrected chi connectivity index (χ0v) is 14.9. The summed E-state index contributed by atoms with van der Waals surface area (Å²) in [5.41, 5.74) is 5.63. The Bertz CT molecular complexity index is 432. The van der Waals surface area contributed by atoms with Crippen LogP contribution < -0.4 is 5.73 Å². The summed E-state index contributed by atoms with van der Waals surface area (Å²) in [7, 11) is 1.81. The van der Waals surface area contributed by atoms with E-state index in [1.807, 2.05) is 18.7 Å². The molecule has 2 atom stereocenters. The highest BCUT2D eigenvalue weighted by Crippen LogP contribution is 2.47. The maximum Gasteiger partial charge on any atom is 0.246 e. The van der Waals surface area contributed by atoms with Crippen LogP contribution in [0.4, 0.5) is 0 Å². The normalized spacial score (nSPS) is 28.3. The van der Waals surface area contributed by atoms with Crippen molar-refractivity contribution in [1.29, 1.82) is 0 Å². The van der Waals surface area contributed by atoms with Crippen LogP contribution in [-0.2, 0) is 9.59 Å². The Hall–Kier alpha value is -0.460. The first-order chi connectivity index (χ1) is 9.20. The van der Waals surface area contributed by atoms with Gasteiger partial charge in [-0.05, 0) is 25.3 Å². The Morgan fingerprint density at radius 2 is 2.19 bits per heavy atom. The van der Waals surface area contributed by atoms with Crippen LogP contribution in [0.1, 0.15) is 33.6 Å². The van der Waals surface area contributed by atoms with Crippen molar-refractivity contribution < 1.29 is 9.59 Å². The molecule has 21 heavy (non-hydrogen) atoms. The minimum atomic E-state index is -0.307. The van der Waals surface area contributed by atoms with Crippen LogP contribution >= 0.6 is 24.2 Å². The predicted octanol–water partition coefficient (Wildman–Crippen LogP) is 1.31. The molecule has 0 bridgehead atoms. The number of likely N-dealkylation sites (N-methyl/N-ethyl adjacent to an activating group) is 1. The van der Waals surface area contributed by atoms with Gasteiger partial charge in [-0.15, -0.1) is 24.2 Å². The molecule has 5 nitrogen and oxygen atoms in total. The van der Waals surface area contributed by atoms with Crippen LogP contribution in [0.2, 0.25) is 0 Å². The van der Waals surface area contributed by atoms with Crippen molar-refractivity contribution in [1.82, 2.24) is 9.80 Å². The Labute approximate surface area is 137 Å². The highest BCUT2D eigenvalue weighted by atomic mass is 35.5. The largest absolute Gasteiger partial charge is 0.343 e. The van der Waals surface area contributed by atoms with Crippen LogP contribution in [0.15, 0.2) is 0 Å². The number of thioether (sulfide) groups is 1. The molecule has 122 valence electrons. The standard InChI is InChI=1S/C14H25N3O2S.ClH/c1-13(2,8-15)9-16(4)12(19)10-7-20-14(3)6-5-11(18)17(10)14;/h10H,5-9,15H2,1-4H3;1H. The fourth-order valence-corrected chi connectivity index (χ4v) is 4.47. The van der Waals surface area contributed by atoms with Crippen molar-refractivity contribution in [2.75, 3.05) is 25.9 Å². The summed E-state index contributed by atoms with van der Waals surface area (Å²) in [6, 6.07) is -0.307. The number of hydrogen-bond acceptors (Lipinski definition) is 4. The van der Waals surface area contributed by atoms with E-state index in [9.17, 15) is 9.59 Å². The molecule has 2 unspecified atom stereocenters. The van der Waals surface area contributed by atoms with Crippen LogP contribution in [0.25, 0.3) is 0 Å². The van der Waals surface area contributed by atoms with Crippen LogP contribution in [-0.4, -0.2) is 58.4 Å². The van der Waals surface area contributed by atoms with E-state index in [1.165, 1.54) is 0 Å². The summed E-state index contributed by atoms with van der Waals surface area (Å²) in [5, 5.41) is 0. The first-order valence-corrected chi connectivity index (χ1v) is 8.10. The van der Waals surface area contributed by atoms with Crippen LogP contribution in [0.3, 0.4) is 0 Å². The third-order valence-electron chi connectivity index (χ3n) is 4.32. The number of hydrogen-bond donors (Lipinski definition) is 1. The lowest BCUT2D eigenvalue weighted by molar-refractivity contribution is -0.143. The predicted molar refractivity (Wildman–Crippen MR) is 88.5 cm³/mol. The van der Waals surface area contributed by atoms with Gasteiger partial charge in [0.15, 0.2) is 0 Å². The summed E-state index contributed by atoms with van der Waals surface area (Å²) in [6.07, 6.45) is 1.41. The van der Waals surface area contributed by atoms with Gasteiger partial charge >= 0.3 is 0 Å². The second-order valence-corrected chi connectivity index (χ2v) is 8.33. The topological polar surface area (TPSA) is 66.6 Å². The molecule has 2 fully saturated rings. The minimum Gasteiger partial charge on any atom is -0.343 e. The Kier molecular flexibility index (Phi) is 5.61. The van der Waals surface area contributed by atoms with E-state index in [0.717, 1.165) is 6.42 Å². The third-order valence-corrected chi connectivity index (χ3v) is 5.83. The lowest BCUT2D eigenvalue weighted by Crippen LogP contribution is -2.52. The molecule has 2 rings (SSSR count). The summed E-state index contributed by atoms with van der Waals surface area (Å²) in [4.78, 5) is 28.1. The number of amides is 2. The number of nitrogens with two attached hydrogens (primary N) is 1. The first-order valence-electron chi connectivity index (χ1n) is 7.11. The second kappa shape index (κ2) is 6.34. The fourth-order valence-electron chi connectivity index (χ4n) is 3.04. The van der Waals surface area contributed by atoms with Crippen LogP contribution in [0, 0.1) is 5.41 Å². The fraction of sp³-hybridized carbons (Fsp3) is 0.857. The van der Waals surface area contributed by atoms with Crippen molar-refractivity contribution in [3.63, 3.8) is 0 Å². The molecule has 2 aliphatic heterocycles. The van der Waals surface area contributed by atoms with E-state index < -0.39 is 0 Å². The van der Waals surface area contributed by atoms with E-state index in [1.54, 1.807) is 23.7 Å². The maximum absolute atomic E-state index is 12.6. The SMILES string of the molecule is CN(CC(C)(C)CN)C(=O)C1CSC2(C)CCC(=O)N12.Cl. The third kappa shape index (κ3) is 3.48. The molecule has 7 heteroatoms. The van der Waals surface area contributed by atoms with E-state index in [2.05, 4.69) is 6.92 Å². The zero-order chi connectivity index (χ0) is 15.1. The van der Waals surface area contributed by atoms with Gasteiger partial charge in [-0.3, -0.25) is 9.59 Å². The van der Waals surface area contributed by atoms with Gasteiger partial charge in [0.1, 0.15) is 6.04 Å². The zero-order valence-electron chi connectivity index (χ0n) is 13.2. The molecule has 0 aromatic heterocycles. The molecule has 2 N–H and O–H groups in total. The molecule has 0 aromatic carbocycles. The lowest BCUT2D eigenvalue weighted by atomic mass is 9.93. The van der Waals surface area contributed by atoms with Crippen molar-refractivity contribution in [3.8, 4) is 0 Å². The molecule has 2 amide bonds. The quantitative estimate of drug-likeness (QED) is 0.841. The number of fused-ring (bicyclic) bond motifs is 1. The van der Waals surface area contributed by atoms with Crippen LogP contribution in [0.5, 0.6) is 0 Å². The molecular weight excluding hydrogens is 310 g/mol. The van der Waals surface area contributed by atoms with Gasteiger partial charge in [-0.2, -0.15) is 0 Å². The van der Waals surface area contributed by atoms with E-state index >= 15 is 0 Å². The van der Waals surface area contributed by atoms with Crippen molar-refractivity contribution in [2.45, 2.75) is 44.5 Å².